The van der Waals surface area contributed by atoms with Gasteiger partial charge in [0.2, 0.25) is 0 Å². The molecule has 4 aromatic heterocycles. The summed E-state index contributed by atoms with van der Waals surface area (Å²) in [6.07, 6.45) is 20.4. The van der Waals surface area contributed by atoms with Gasteiger partial charge in [0.05, 0.1) is 27.5 Å². The molecule has 0 saturated heterocycles. The summed E-state index contributed by atoms with van der Waals surface area (Å²) in [5.41, 5.74) is 11.3. The number of aliphatic hydroxyl groups is 1. The van der Waals surface area contributed by atoms with E-state index in [1.807, 2.05) is 23.5 Å². The second-order valence-electron chi connectivity index (χ2n) is 15.1. The molecule has 0 amide bonds. The van der Waals surface area contributed by atoms with E-state index in [9.17, 15) is 5.11 Å². The van der Waals surface area contributed by atoms with Gasteiger partial charge in [0.1, 0.15) is 34.4 Å². The minimum atomic E-state index is -0.137. The highest BCUT2D eigenvalue weighted by Crippen LogP contribution is 2.37. The predicted molar refractivity (Wildman–Crippen MR) is 192 cm³/mol. The van der Waals surface area contributed by atoms with Crippen LogP contribution in [0.25, 0.3) is 22.8 Å². The van der Waals surface area contributed by atoms with Crippen molar-refractivity contribution in [1.82, 2.24) is 49.9 Å². The van der Waals surface area contributed by atoms with E-state index >= 15 is 0 Å². The van der Waals surface area contributed by atoms with E-state index in [1.54, 1.807) is 12.4 Å². The number of rotatable bonds is 10. The zero-order valence-corrected chi connectivity index (χ0v) is 30.7. The maximum atomic E-state index is 9.67. The van der Waals surface area contributed by atoms with Crippen molar-refractivity contribution in [2.75, 3.05) is 0 Å². The van der Waals surface area contributed by atoms with E-state index in [4.69, 9.17) is 38.9 Å². The van der Waals surface area contributed by atoms with E-state index in [2.05, 4.69) is 30.6 Å². The molecule has 4 fully saturated rings. The number of hydrogen-bond donors (Lipinski definition) is 2. The zero-order valence-electron chi connectivity index (χ0n) is 29.2. The van der Waals surface area contributed by atoms with Crippen LogP contribution in [-0.4, -0.2) is 67.2 Å². The summed E-state index contributed by atoms with van der Waals surface area (Å²) in [6.45, 7) is 0. The van der Waals surface area contributed by atoms with Crippen LogP contribution in [0, 0.1) is 23.7 Å². The number of aliphatic hydroxyl groups excluding tert-OH is 1. The lowest BCUT2D eigenvalue weighted by molar-refractivity contribution is 0.108. The van der Waals surface area contributed by atoms with E-state index < -0.39 is 0 Å². The maximum absolute atomic E-state index is 9.67. The van der Waals surface area contributed by atoms with Gasteiger partial charge >= 0.3 is 0 Å². The average molecular weight is 723 g/mol. The zero-order chi connectivity index (χ0) is 34.8. The van der Waals surface area contributed by atoms with E-state index in [-0.39, 0.29) is 6.10 Å². The summed E-state index contributed by atoms with van der Waals surface area (Å²) in [5.74, 6) is 4.30. The number of nitrogens with zero attached hydrogens (tertiary/aromatic N) is 10. The van der Waals surface area contributed by atoms with Crippen molar-refractivity contribution >= 4 is 23.2 Å². The molecule has 12 nitrogen and oxygen atoms in total. The van der Waals surface area contributed by atoms with Crippen molar-refractivity contribution in [2.45, 2.75) is 115 Å². The number of aromatic nitrogens is 10. The smallest absolute Gasteiger partial charge is 0.136 e. The minimum Gasteiger partial charge on any atom is -0.393 e. The summed E-state index contributed by atoms with van der Waals surface area (Å²) in [5, 5.41) is 27.8. The third-order valence-corrected chi connectivity index (χ3v) is 11.5. The Morgan fingerprint density at radius 2 is 0.980 bits per heavy atom. The van der Waals surface area contributed by atoms with Gasteiger partial charge in [0, 0.05) is 45.4 Å². The Labute approximate surface area is 304 Å². The van der Waals surface area contributed by atoms with Crippen molar-refractivity contribution < 1.29 is 5.11 Å². The molecular formula is C36H49Cl2N11O. The fourth-order valence-electron chi connectivity index (χ4n) is 7.36. The highest BCUT2D eigenvalue weighted by Gasteiger charge is 2.29. The molecule has 8 rings (SSSR count). The molecule has 4 aliphatic carbocycles. The topological polar surface area (TPSA) is 159 Å². The van der Waals surface area contributed by atoms with Gasteiger partial charge in [-0.15, -0.1) is 10.2 Å². The monoisotopic (exact) mass is 721 g/mol. The molecule has 14 heteroatoms. The Kier molecular flexibility index (Phi) is 11.1. The molecule has 0 bridgehead atoms. The van der Waals surface area contributed by atoms with Crippen LogP contribution in [-0.2, 0) is 39.8 Å². The van der Waals surface area contributed by atoms with Crippen molar-refractivity contribution in [2.24, 2.45) is 43.5 Å². The molecule has 0 unspecified atom stereocenters. The molecule has 0 aliphatic heterocycles. The lowest BCUT2D eigenvalue weighted by atomic mass is 9.84. The van der Waals surface area contributed by atoms with Crippen LogP contribution in [0.5, 0.6) is 0 Å². The second kappa shape index (κ2) is 15.7. The van der Waals surface area contributed by atoms with Gasteiger partial charge < -0.3 is 10.8 Å². The molecule has 0 aromatic carbocycles. The molecule has 4 saturated carbocycles. The highest BCUT2D eigenvalue weighted by atomic mass is 35.5. The van der Waals surface area contributed by atoms with Crippen molar-refractivity contribution in [3.8, 4) is 22.8 Å². The summed E-state index contributed by atoms with van der Waals surface area (Å²) < 4.78 is 3.70. The van der Waals surface area contributed by atoms with Crippen LogP contribution >= 0.6 is 23.2 Å². The summed E-state index contributed by atoms with van der Waals surface area (Å²) >= 11 is 12.8. The molecule has 268 valence electrons. The van der Waals surface area contributed by atoms with Gasteiger partial charge in [-0.1, -0.05) is 33.6 Å². The van der Waals surface area contributed by atoms with Crippen LogP contribution in [0.1, 0.15) is 100 Å². The van der Waals surface area contributed by atoms with E-state index in [0.717, 1.165) is 129 Å². The molecule has 4 aromatic rings. The average Bonchev–Trinajstić information content (AvgIpc) is 4.04. The maximum Gasteiger partial charge on any atom is 0.136 e. The van der Waals surface area contributed by atoms with E-state index in [0.29, 0.717) is 33.6 Å². The second-order valence-corrected chi connectivity index (χ2v) is 16.0. The Morgan fingerprint density at radius 3 is 1.40 bits per heavy atom. The highest BCUT2D eigenvalue weighted by molar-refractivity contribution is 6.33. The number of halogens is 2. The van der Waals surface area contributed by atoms with Crippen LogP contribution < -0.4 is 5.73 Å². The quantitative estimate of drug-likeness (QED) is 0.202. The van der Waals surface area contributed by atoms with Gasteiger partial charge in [-0.3, -0.25) is 9.36 Å². The van der Waals surface area contributed by atoms with Crippen molar-refractivity contribution in [3.63, 3.8) is 0 Å². The van der Waals surface area contributed by atoms with Gasteiger partial charge in [0.25, 0.3) is 0 Å². The largest absolute Gasteiger partial charge is 0.393 e. The minimum absolute atomic E-state index is 0.137. The van der Waals surface area contributed by atoms with Crippen molar-refractivity contribution in [3.05, 3.63) is 45.5 Å². The molecular weight excluding hydrogens is 673 g/mol. The lowest BCUT2D eigenvalue weighted by Crippen LogP contribution is -2.27. The fraction of sp³-hybridized carbons (Fsp3) is 0.667. The number of nitrogens with two attached hydrogens (primary N) is 1. The third kappa shape index (κ3) is 8.86. The molecule has 0 atom stereocenters. The molecule has 0 radical (unpaired) electrons. The van der Waals surface area contributed by atoms with Crippen LogP contribution in [0.3, 0.4) is 0 Å². The van der Waals surface area contributed by atoms with Crippen LogP contribution in [0.4, 0.5) is 0 Å². The van der Waals surface area contributed by atoms with Crippen LogP contribution in [0.2, 0.25) is 10.0 Å². The van der Waals surface area contributed by atoms with Gasteiger partial charge in [-0.25, -0.2) is 19.9 Å². The number of hydrogen-bond acceptors (Lipinski definition) is 10. The molecule has 3 N–H and O–H groups in total. The third-order valence-electron chi connectivity index (χ3n) is 10.9. The summed E-state index contributed by atoms with van der Waals surface area (Å²) in [4.78, 5) is 18.4. The predicted octanol–water partition coefficient (Wildman–Crippen LogP) is 5.91. The normalized spacial score (nSPS) is 23.8. The van der Waals surface area contributed by atoms with Gasteiger partial charge in [-0.05, 0) is 114 Å². The van der Waals surface area contributed by atoms with Crippen molar-refractivity contribution in [1.29, 1.82) is 0 Å². The molecule has 4 heterocycles. The fourth-order valence-corrected chi connectivity index (χ4v) is 7.72. The Hall–Kier alpha value is -3.06. The number of aryl methyl sites for hydroxylation is 2. The first-order valence-electron chi connectivity index (χ1n) is 18.4. The SMILES string of the molecule is Cn1nnc(-c2nc(CC3CCC(N)CC3)ncc2Cl)c1CC1CC1.Cn1nnc(-c2nc(CC3CCC(O)CC3)ncc2Cl)c1CC1CC1. The standard InChI is InChI=1S/C18H25ClN6.C18H24ClN5O/c1-25-15(8-11-2-3-11)18(23-24-25)17-14(19)10-21-16(22-17)9-12-4-6-13(20)7-5-12;1-24-15(8-11-2-3-11)18(22-23-24)17-14(19)10-20-16(21-17)9-12-4-6-13(25)7-5-12/h10-13H,2-9,20H2,1H3;10-13,25H,2-9H2,1H3. The molecule has 0 spiro atoms. The van der Waals surface area contributed by atoms with Gasteiger partial charge in [0.15, 0.2) is 0 Å². The molecule has 4 aliphatic rings. The van der Waals surface area contributed by atoms with E-state index in [1.165, 1.54) is 25.7 Å². The Bertz CT molecular complexity index is 1620. The first kappa shape index (κ1) is 35.3. The Morgan fingerprint density at radius 1 is 0.600 bits per heavy atom. The Balaban J connectivity index is 0.000000157. The van der Waals surface area contributed by atoms with Crippen LogP contribution in [0.15, 0.2) is 12.4 Å². The first-order valence-corrected chi connectivity index (χ1v) is 19.2. The molecule has 50 heavy (non-hydrogen) atoms. The lowest BCUT2D eigenvalue weighted by Gasteiger charge is -2.25. The summed E-state index contributed by atoms with van der Waals surface area (Å²) in [6, 6.07) is 0.363. The summed E-state index contributed by atoms with van der Waals surface area (Å²) in [7, 11) is 3.87. The van der Waals surface area contributed by atoms with Gasteiger partial charge in [-0.2, -0.15) is 0 Å². The first-order chi connectivity index (χ1) is 24.2.